The van der Waals surface area contributed by atoms with Crippen molar-refractivity contribution in [3.05, 3.63) is 39.4 Å². The first-order chi connectivity index (χ1) is 9.60. The Labute approximate surface area is 126 Å². The van der Waals surface area contributed by atoms with Gasteiger partial charge >= 0.3 is 0 Å². The number of halogens is 1. The molecule has 20 heavy (non-hydrogen) atoms. The Hall–Kier alpha value is -1.40. The first-order valence-electron chi connectivity index (χ1n) is 6.52. The second-order valence-electron chi connectivity index (χ2n) is 4.51. The van der Waals surface area contributed by atoms with Crippen molar-refractivity contribution >= 4 is 15.9 Å². The van der Waals surface area contributed by atoms with E-state index in [1.807, 2.05) is 13.0 Å². The minimum atomic E-state index is 0.305. The molecule has 108 valence electrons. The number of hydrogen-bond acceptors (Lipinski definition) is 5. The fourth-order valence-electron chi connectivity index (χ4n) is 1.93. The molecule has 0 radical (unpaired) electrons. The number of aromatic nitrogens is 2. The van der Waals surface area contributed by atoms with Gasteiger partial charge in [0.1, 0.15) is 5.75 Å². The smallest absolute Gasteiger partial charge is 0.223 e. The van der Waals surface area contributed by atoms with Crippen LogP contribution in [0.4, 0.5) is 0 Å². The molecule has 0 aliphatic heterocycles. The van der Waals surface area contributed by atoms with Gasteiger partial charge in [0.2, 0.25) is 11.7 Å². The first-order valence-corrected chi connectivity index (χ1v) is 7.31. The molecule has 6 heteroatoms. The maximum atomic E-state index is 5.87. The van der Waals surface area contributed by atoms with Crippen LogP contribution in [0.5, 0.6) is 5.75 Å². The summed E-state index contributed by atoms with van der Waals surface area (Å²) in [4.78, 5) is 4.14. The van der Waals surface area contributed by atoms with E-state index in [9.17, 15) is 0 Å². The second kappa shape index (κ2) is 6.85. The van der Waals surface area contributed by atoms with Crippen LogP contribution in [0.3, 0.4) is 0 Å². The normalized spacial score (nSPS) is 10.8. The monoisotopic (exact) mass is 339 g/mol. The van der Waals surface area contributed by atoms with Crippen LogP contribution in [0.25, 0.3) is 0 Å². The largest absolute Gasteiger partial charge is 0.485 e. The SMILES string of the molecule is CCNCc1cc(Br)cc(C)c1OCc1noc(C)n1. The summed E-state index contributed by atoms with van der Waals surface area (Å²) in [6.07, 6.45) is 0. The van der Waals surface area contributed by atoms with Crippen molar-refractivity contribution in [1.82, 2.24) is 15.5 Å². The number of benzene rings is 1. The number of ether oxygens (including phenoxy) is 1. The molecular formula is C14H18BrN3O2. The van der Waals surface area contributed by atoms with Gasteiger partial charge in [-0.2, -0.15) is 4.98 Å². The summed E-state index contributed by atoms with van der Waals surface area (Å²) in [6.45, 7) is 7.84. The van der Waals surface area contributed by atoms with Crippen molar-refractivity contribution in [3.63, 3.8) is 0 Å². The molecule has 0 bridgehead atoms. The molecule has 5 nitrogen and oxygen atoms in total. The Balaban J connectivity index is 2.16. The molecule has 0 aliphatic carbocycles. The Morgan fingerprint density at radius 1 is 1.35 bits per heavy atom. The Morgan fingerprint density at radius 2 is 2.15 bits per heavy atom. The molecule has 0 aliphatic rings. The van der Waals surface area contributed by atoms with Gasteiger partial charge < -0.3 is 14.6 Å². The minimum absolute atomic E-state index is 0.305. The van der Waals surface area contributed by atoms with E-state index in [-0.39, 0.29) is 0 Å². The van der Waals surface area contributed by atoms with E-state index in [1.165, 1.54) is 0 Å². The van der Waals surface area contributed by atoms with Crippen molar-refractivity contribution in [2.75, 3.05) is 6.54 Å². The lowest BCUT2D eigenvalue weighted by molar-refractivity contribution is 0.280. The van der Waals surface area contributed by atoms with E-state index >= 15 is 0 Å². The quantitative estimate of drug-likeness (QED) is 0.875. The highest BCUT2D eigenvalue weighted by Crippen LogP contribution is 2.28. The topological polar surface area (TPSA) is 60.2 Å². The zero-order chi connectivity index (χ0) is 14.5. The molecule has 1 N–H and O–H groups in total. The fourth-order valence-corrected chi connectivity index (χ4v) is 2.55. The summed E-state index contributed by atoms with van der Waals surface area (Å²) in [5, 5.41) is 7.14. The van der Waals surface area contributed by atoms with E-state index < -0.39 is 0 Å². The predicted molar refractivity (Wildman–Crippen MR) is 79.6 cm³/mol. The molecule has 0 amide bonds. The average molecular weight is 340 g/mol. The summed E-state index contributed by atoms with van der Waals surface area (Å²) in [5.74, 6) is 1.97. The highest BCUT2D eigenvalue weighted by molar-refractivity contribution is 9.10. The second-order valence-corrected chi connectivity index (χ2v) is 5.43. The van der Waals surface area contributed by atoms with Gasteiger partial charge in [0.15, 0.2) is 6.61 Å². The van der Waals surface area contributed by atoms with Crippen molar-refractivity contribution in [2.24, 2.45) is 0 Å². The van der Waals surface area contributed by atoms with Crippen LogP contribution < -0.4 is 10.1 Å². The summed E-state index contributed by atoms with van der Waals surface area (Å²) in [6, 6.07) is 4.10. The van der Waals surface area contributed by atoms with Crippen LogP contribution >= 0.6 is 15.9 Å². The highest BCUT2D eigenvalue weighted by Gasteiger charge is 2.11. The lowest BCUT2D eigenvalue weighted by Gasteiger charge is -2.14. The predicted octanol–water partition coefficient (Wildman–Crippen LogP) is 3.14. The van der Waals surface area contributed by atoms with Gasteiger partial charge in [-0.15, -0.1) is 0 Å². The van der Waals surface area contributed by atoms with E-state index in [2.05, 4.69) is 44.4 Å². The third-order valence-corrected chi connectivity index (χ3v) is 3.25. The zero-order valence-electron chi connectivity index (χ0n) is 11.9. The van der Waals surface area contributed by atoms with Crippen molar-refractivity contribution in [3.8, 4) is 5.75 Å². The fraction of sp³-hybridized carbons (Fsp3) is 0.429. The van der Waals surface area contributed by atoms with Gasteiger partial charge in [0.25, 0.3) is 0 Å². The number of aryl methyl sites for hydroxylation is 2. The summed E-state index contributed by atoms with van der Waals surface area (Å²) < 4.78 is 11.9. The minimum Gasteiger partial charge on any atom is -0.485 e. The lowest BCUT2D eigenvalue weighted by atomic mass is 10.1. The van der Waals surface area contributed by atoms with E-state index in [0.29, 0.717) is 18.3 Å². The maximum absolute atomic E-state index is 5.87. The molecule has 2 aromatic rings. The van der Waals surface area contributed by atoms with Crippen molar-refractivity contribution in [1.29, 1.82) is 0 Å². The van der Waals surface area contributed by atoms with Gasteiger partial charge in [-0.05, 0) is 31.2 Å². The molecule has 0 atom stereocenters. The maximum Gasteiger partial charge on any atom is 0.223 e. The highest BCUT2D eigenvalue weighted by atomic mass is 79.9. The molecule has 0 fully saturated rings. The first kappa shape index (κ1) is 15.0. The number of nitrogens with zero attached hydrogens (tertiary/aromatic N) is 2. The van der Waals surface area contributed by atoms with E-state index in [0.717, 1.165) is 34.4 Å². The lowest BCUT2D eigenvalue weighted by Crippen LogP contribution is -2.13. The van der Waals surface area contributed by atoms with Crippen LogP contribution in [-0.2, 0) is 13.2 Å². The zero-order valence-corrected chi connectivity index (χ0v) is 13.5. The molecular weight excluding hydrogens is 322 g/mol. The van der Waals surface area contributed by atoms with Crippen LogP contribution in [0.2, 0.25) is 0 Å². The van der Waals surface area contributed by atoms with E-state index in [4.69, 9.17) is 9.26 Å². The van der Waals surface area contributed by atoms with Gasteiger partial charge in [-0.1, -0.05) is 28.0 Å². The van der Waals surface area contributed by atoms with Gasteiger partial charge in [-0.25, -0.2) is 0 Å². The average Bonchev–Trinajstić information content (AvgIpc) is 2.80. The third-order valence-electron chi connectivity index (χ3n) is 2.80. The van der Waals surface area contributed by atoms with Crippen LogP contribution in [-0.4, -0.2) is 16.7 Å². The van der Waals surface area contributed by atoms with Crippen LogP contribution in [0.1, 0.15) is 29.8 Å². The molecule has 0 spiro atoms. The molecule has 1 aromatic carbocycles. The van der Waals surface area contributed by atoms with E-state index in [1.54, 1.807) is 6.92 Å². The summed E-state index contributed by atoms with van der Waals surface area (Å²) in [7, 11) is 0. The molecule has 0 saturated carbocycles. The van der Waals surface area contributed by atoms with Gasteiger partial charge in [0, 0.05) is 23.5 Å². The van der Waals surface area contributed by atoms with Crippen LogP contribution in [0.15, 0.2) is 21.1 Å². The number of nitrogens with one attached hydrogen (secondary N) is 1. The third kappa shape index (κ3) is 3.80. The molecule has 1 heterocycles. The standard InChI is InChI=1S/C14H18BrN3O2/c1-4-16-7-11-6-12(15)5-9(2)14(11)19-8-13-17-10(3)20-18-13/h5-6,16H,4,7-8H2,1-3H3. The van der Waals surface area contributed by atoms with Gasteiger partial charge in [-0.3, -0.25) is 0 Å². The van der Waals surface area contributed by atoms with Gasteiger partial charge in [0.05, 0.1) is 0 Å². The molecule has 0 unspecified atom stereocenters. The number of rotatable bonds is 6. The summed E-state index contributed by atoms with van der Waals surface area (Å²) >= 11 is 3.52. The Morgan fingerprint density at radius 3 is 2.80 bits per heavy atom. The number of hydrogen-bond donors (Lipinski definition) is 1. The Kier molecular flexibility index (Phi) is 5.14. The Bertz CT molecular complexity index is 584. The van der Waals surface area contributed by atoms with Crippen LogP contribution in [0, 0.1) is 13.8 Å². The van der Waals surface area contributed by atoms with Crippen molar-refractivity contribution < 1.29 is 9.26 Å². The molecule has 1 aromatic heterocycles. The molecule has 0 saturated heterocycles. The summed E-state index contributed by atoms with van der Waals surface area (Å²) in [5.41, 5.74) is 2.19. The molecule has 2 rings (SSSR count). The van der Waals surface area contributed by atoms with Crippen molar-refractivity contribution in [2.45, 2.75) is 33.9 Å².